The Bertz CT molecular complexity index is 401. The Morgan fingerprint density at radius 2 is 2.37 bits per heavy atom. The molecule has 0 aliphatic carbocycles. The van der Waals surface area contributed by atoms with E-state index in [1.165, 1.54) is 0 Å². The van der Waals surface area contributed by atoms with Gasteiger partial charge in [-0.2, -0.15) is 5.10 Å². The number of hydrogen-bond donors (Lipinski definition) is 2. The van der Waals surface area contributed by atoms with E-state index in [0.29, 0.717) is 31.5 Å². The van der Waals surface area contributed by atoms with Crippen molar-refractivity contribution in [2.75, 3.05) is 19.7 Å². The zero-order chi connectivity index (χ0) is 13.5. The van der Waals surface area contributed by atoms with E-state index in [-0.39, 0.29) is 5.91 Å². The molecule has 7 nitrogen and oxygen atoms in total. The van der Waals surface area contributed by atoms with Crippen LogP contribution in [0.1, 0.15) is 25.1 Å². The highest BCUT2D eigenvalue weighted by Gasteiger charge is 2.13. The molecule has 106 valence electrons. The minimum absolute atomic E-state index is 0.0265. The SMILES string of the molecule is Cn1cnc(CNC(=O)CCOC2CCNCC2)n1. The van der Waals surface area contributed by atoms with Gasteiger partial charge in [-0.3, -0.25) is 9.48 Å². The molecule has 1 saturated heterocycles. The van der Waals surface area contributed by atoms with Crippen molar-refractivity contribution >= 4 is 5.91 Å². The number of amides is 1. The van der Waals surface area contributed by atoms with Gasteiger partial charge in [-0.1, -0.05) is 0 Å². The predicted molar refractivity (Wildman–Crippen MR) is 69.3 cm³/mol. The number of carbonyl (C=O) groups is 1. The van der Waals surface area contributed by atoms with Crippen LogP contribution in [0.4, 0.5) is 0 Å². The quantitative estimate of drug-likeness (QED) is 0.732. The van der Waals surface area contributed by atoms with Gasteiger partial charge >= 0.3 is 0 Å². The highest BCUT2D eigenvalue weighted by Crippen LogP contribution is 2.07. The fourth-order valence-electron chi connectivity index (χ4n) is 2.01. The summed E-state index contributed by atoms with van der Waals surface area (Å²) in [6, 6.07) is 0. The van der Waals surface area contributed by atoms with Gasteiger partial charge in [-0.25, -0.2) is 4.98 Å². The zero-order valence-electron chi connectivity index (χ0n) is 11.3. The molecular formula is C12H21N5O2. The summed E-state index contributed by atoms with van der Waals surface area (Å²) < 4.78 is 7.29. The van der Waals surface area contributed by atoms with Crippen molar-refractivity contribution in [3.05, 3.63) is 12.2 Å². The Morgan fingerprint density at radius 1 is 1.58 bits per heavy atom. The number of nitrogens with zero attached hydrogens (tertiary/aromatic N) is 3. The lowest BCUT2D eigenvalue weighted by atomic mass is 10.1. The maximum atomic E-state index is 11.6. The molecule has 2 N–H and O–H groups in total. The van der Waals surface area contributed by atoms with Gasteiger partial charge in [0, 0.05) is 13.5 Å². The zero-order valence-corrected chi connectivity index (χ0v) is 11.3. The number of ether oxygens (including phenoxy) is 1. The van der Waals surface area contributed by atoms with Gasteiger partial charge in [0.15, 0.2) is 5.82 Å². The first-order chi connectivity index (χ1) is 9.24. The summed E-state index contributed by atoms with van der Waals surface area (Å²) in [5.74, 6) is 0.594. The monoisotopic (exact) mass is 267 g/mol. The lowest BCUT2D eigenvalue weighted by molar-refractivity contribution is -0.122. The van der Waals surface area contributed by atoms with E-state index in [2.05, 4.69) is 20.7 Å². The predicted octanol–water partition coefficient (Wildman–Crippen LogP) is -0.410. The van der Waals surface area contributed by atoms with E-state index in [1.807, 2.05) is 0 Å². The molecule has 1 aliphatic rings. The van der Waals surface area contributed by atoms with Crippen molar-refractivity contribution in [2.24, 2.45) is 7.05 Å². The van der Waals surface area contributed by atoms with E-state index >= 15 is 0 Å². The number of rotatable bonds is 6. The van der Waals surface area contributed by atoms with Crippen LogP contribution in [0, 0.1) is 0 Å². The summed E-state index contributed by atoms with van der Waals surface area (Å²) in [5, 5.41) is 10.1. The van der Waals surface area contributed by atoms with E-state index in [0.717, 1.165) is 25.9 Å². The summed E-state index contributed by atoms with van der Waals surface area (Å²) in [6.07, 6.45) is 4.35. The van der Waals surface area contributed by atoms with Gasteiger partial charge in [-0.15, -0.1) is 0 Å². The number of carbonyl (C=O) groups excluding carboxylic acids is 1. The second kappa shape index (κ2) is 7.20. The molecule has 19 heavy (non-hydrogen) atoms. The molecule has 2 heterocycles. The highest BCUT2D eigenvalue weighted by molar-refractivity contribution is 5.75. The van der Waals surface area contributed by atoms with Crippen LogP contribution in [0.5, 0.6) is 0 Å². The molecule has 2 rings (SSSR count). The normalized spacial score (nSPS) is 16.5. The molecule has 0 spiro atoms. The molecule has 1 aromatic rings. The van der Waals surface area contributed by atoms with E-state index < -0.39 is 0 Å². The summed E-state index contributed by atoms with van der Waals surface area (Å²) in [5.41, 5.74) is 0. The average Bonchev–Trinajstić information content (AvgIpc) is 2.83. The fourth-order valence-corrected chi connectivity index (χ4v) is 2.01. The number of aromatic nitrogens is 3. The van der Waals surface area contributed by atoms with Gasteiger partial charge in [0.1, 0.15) is 6.33 Å². The molecule has 0 radical (unpaired) electrons. The first kappa shape index (κ1) is 14.0. The fraction of sp³-hybridized carbons (Fsp3) is 0.750. The van der Waals surface area contributed by atoms with Crippen LogP contribution in [-0.4, -0.2) is 46.5 Å². The average molecular weight is 267 g/mol. The number of nitrogens with one attached hydrogen (secondary N) is 2. The maximum Gasteiger partial charge on any atom is 0.222 e. The van der Waals surface area contributed by atoms with Gasteiger partial charge in [0.05, 0.1) is 19.3 Å². The third-order valence-electron chi connectivity index (χ3n) is 3.06. The van der Waals surface area contributed by atoms with Crippen LogP contribution in [0.2, 0.25) is 0 Å². The second-order valence-electron chi connectivity index (χ2n) is 4.68. The Kier molecular flexibility index (Phi) is 5.29. The molecule has 0 atom stereocenters. The third-order valence-corrected chi connectivity index (χ3v) is 3.06. The number of aryl methyl sites for hydroxylation is 1. The van der Waals surface area contributed by atoms with Crippen molar-refractivity contribution in [3.8, 4) is 0 Å². The summed E-state index contributed by atoms with van der Waals surface area (Å²) >= 11 is 0. The molecule has 1 amide bonds. The maximum absolute atomic E-state index is 11.6. The Morgan fingerprint density at radius 3 is 3.05 bits per heavy atom. The minimum Gasteiger partial charge on any atom is -0.378 e. The van der Waals surface area contributed by atoms with Gasteiger partial charge in [0.2, 0.25) is 5.91 Å². The second-order valence-corrected chi connectivity index (χ2v) is 4.68. The van der Waals surface area contributed by atoms with Crippen molar-refractivity contribution in [2.45, 2.75) is 31.9 Å². The largest absolute Gasteiger partial charge is 0.378 e. The molecule has 0 bridgehead atoms. The van der Waals surface area contributed by atoms with Crippen LogP contribution >= 0.6 is 0 Å². The highest BCUT2D eigenvalue weighted by atomic mass is 16.5. The first-order valence-electron chi connectivity index (χ1n) is 6.67. The van der Waals surface area contributed by atoms with Crippen LogP contribution in [0.25, 0.3) is 0 Å². The van der Waals surface area contributed by atoms with Crippen LogP contribution in [-0.2, 0) is 23.1 Å². The topological polar surface area (TPSA) is 81.1 Å². The van der Waals surface area contributed by atoms with E-state index in [9.17, 15) is 4.79 Å². The van der Waals surface area contributed by atoms with E-state index in [1.54, 1.807) is 18.1 Å². The third kappa shape index (κ3) is 4.96. The van der Waals surface area contributed by atoms with Crippen molar-refractivity contribution in [3.63, 3.8) is 0 Å². The minimum atomic E-state index is -0.0265. The Balaban J connectivity index is 1.56. The number of piperidine rings is 1. The Hall–Kier alpha value is -1.47. The molecular weight excluding hydrogens is 246 g/mol. The van der Waals surface area contributed by atoms with Gasteiger partial charge in [0.25, 0.3) is 0 Å². The summed E-state index contributed by atoms with van der Waals surface area (Å²) in [7, 11) is 1.80. The molecule has 1 aromatic heterocycles. The van der Waals surface area contributed by atoms with Crippen molar-refractivity contribution < 1.29 is 9.53 Å². The standard InChI is InChI=1S/C12H21N5O2/c1-17-9-15-11(16-17)8-14-12(18)4-7-19-10-2-5-13-6-3-10/h9-10,13H,2-8H2,1H3,(H,14,18). The van der Waals surface area contributed by atoms with Crippen molar-refractivity contribution in [1.29, 1.82) is 0 Å². The number of hydrogen-bond acceptors (Lipinski definition) is 5. The molecule has 1 fully saturated rings. The lowest BCUT2D eigenvalue weighted by Crippen LogP contribution is -2.33. The van der Waals surface area contributed by atoms with Crippen LogP contribution in [0.3, 0.4) is 0 Å². The molecule has 0 aromatic carbocycles. The summed E-state index contributed by atoms with van der Waals surface area (Å²) in [4.78, 5) is 15.6. The molecule has 0 saturated carbocycles. The lowest BCUT2D eigenvalue weighted by Gasteiger charge is -2.22. The molecule has 7 heteroatoms. The van der Waals surface area contributed by atoms with Gasteiger partial charge < -0.3 is 15.4 Å². The smallest absolute Gasteiger partial charge is 0.222 e. The molecule has 0 unspecified atom stereocenters. The van der Waals surface area contributed by atoms with Crippen LogP contribution in [0.15, 0.2) is 6.33 Å². The molecule has 1 aliphatic heterocycles. The first-order valence-corrected chi connectivity index (χ1v) is 6.67. The summed E-state index contributed by atoms with van der Waals surface area (Å²) in [6.45, 7) is 2.85. The van der Waals surface area contributed by atoms with E-state index in [4.69, 9.17) is 4.74 Å². The van der Waals surface area contributed by atoms with Crippen molar-refractivity contribution in [1.82, 2.24) is 25.4 Å². The van der Waals surface area contributed by atoms with Crippen LogP contribution < -0.4 is 10.6 Å². The van der Waals surface area contributed by atoms with Gasteiger partial charge in [-0.05, 0) is 25.9 Å². The Labute approximate surface area is 112 Å².